The largest absolute Gasteiger partial charge is 0.508 e. The molecule has 0 bridgehead atoms. The van der Waals surface area contributed by atoms with Crippen molar-refractivity contribution in [3.8, 4) is 17.0 Å². The van der Waals surface area contributed by atoms with Gasteiger partial charge in [-0.1, -0.05) is 0 Å². The van der Waals surface area contributed by atoms with Crippen LogP contribution in [-0.2, 0) is 12.8 Å². The Labute approximate surface area is 168 Å². The number of hydrogen-bond acceptors (Lipinski definition) is 5. The van der Waals surface area contributed by atoms with Crippen LogP contribution in [0.1, 0.15) is 24.0 Å². The van der Waals surface area contributed by atoms with Crippen LogP contribution in [0.25, 0.3) is 33.1 Å². The van der Waals surface area contributed by atoms with Gasteiger partial charge >= 0.3 is 0 Å². The first-order chi connectivity index (χ1) is 14.2. The maximum Gasteiger partial charge on any atom is 0.158 e. The average molecular weight is 388 g/mol. The number of aliphatic hydroxyl groups is 1. The third-order valence-electron chi connectivity index (χ3n) is 5.91. The molecule has 0 fully saturated rings. The van der Waals surface area contributed by atoms with Crippen molar-refractivity contribution in [3.63, 3.8) is 0 Å². The van der Waals surface area contributed by atoms with E-state index in [9.17, 15) is 10.2 Å². The number of nitrogens with one attached hydrogen (secondary N) is 1. The molecule has 4 aromatic rings. The van der Waals surface area contributed by atoms with Gasteiger partial charge < -0.3 is 15.1 Å². The average Bonchev–Trinajstić information content (AvgIpc) is 3.18. The number of rotatable bonds is 4. The standard InChI is InChI=1S/C23H24N4O2/c1-27(12-13-28)23-21-19(25-26-23)11-10-18-20(21)16-4-2-3-5-17(16)22(24-18)14-6-8-15(29)9-7-14/h6-11,28-29H,2-5,12-13H2,1H3,(H,25,26). The smallest absolute Gasteiger partial charge is 0.158 e. The number of aromatic hydroxyl groups is 1. The van der Waals surface area contributed by atoms with Gasteiger partial charge in [0.05, 0.1) is 28.7 Å². The molecule has 1 aliphatic rings. The molecule has 148 valence electrons. The van der Waals surface area contributed by atoms with Crippen molar-refractivity contribution >= 4 is 27.6 Å². The van der Waals surface area contributed by atoms with Gasteiger partial charge in [-0.15, -0.1) is 0 Å². The lowest BCUT2D eigenvalue weighted by molar-refractivity contribution is 0.304. The van der Waals surface area contributed by atoms with Crippen LogP contribution in [0, 0.1) is 0 Å². The summed E-state index contributed by atoms with van der Waals surface area (Å²) >= 11 is 0. The summed E-state index contributed by atoms with van der Waals surface area (Å²) in [4.78, 5) is 7.06. The fourth-order valence-electron chi connectivity index (χ4n) is 4.51. The molecule has 6 nitrogen and oxygen atoms in total. The third kappa shape index (κ3) is 2.91. The number of aryl methyl sites for hydroxylation is 1. The molecule has 0 saturated carbocycles. The van der Waals surface area contributed by atoms with E-state index in [2.05, 4.69) is 16.3 Å². The van der Waals surface area contributed by atoms with Gasteiger partial charge in [0.15, 0.2) is 5.82 Å². The highest BCUT2D eigenvalue weighted by atomic mass is 16.3. The van der Waals surface area contributed by atoms with Gasteiger partial charge in [-0.05, 0) is 73.2 Å². The highest BCUT2D eigenvalue weighted by molar-refractivity contribution is 6.13. The lowest BCUT2D eigenvalue weighted by Gasteiger charge is -2.23. The summed E-state index contributed by atoms with van der Waals surface area (Å²) in [6, 6.07) is 11.4. The highest BCUT2D eigenvalue weighted by Gasteiger charge is 2.23. The van der Waals surface area contributed by atoms with E-state index in [1.165, 1.54) is 16.5 Å². The predicted octanol–water partition coefficient (Wildman–Crippen LogP) is 3.79. The summed E-state index contributed by atoms with van der Waals surface area (Å²) in [5.41, 5.74) is 6.66. The van der Waals surface area contributed by atoms with E-state index in [0.29, 0.717) is 6.54 Å². The molecule has 3 N–H and O–H groups in total. The van der Waals surface area contributed by atoms with E-state index in [0.717, 1.165) is 59.2 Å². The molecule has 0 amide bonds. The van der Waals surface area contributed by atoms with Crippen molar-refractivity contribution < 1.29 is 10.2 Å². The summed E-state index contributed by atoms with van der Waals surface area (Å²) in [7, 11) is 1.95. The number of aromatic amines is 1. The number of nitrogens with zero attached hydrogens (tertiary/aromatic N) is 3. The van der Waals surface area contributed by atoms with E-state index in [4.69, 9.17) is 4.98 Å². The quantitative estimate of drug-likeness (QED) is 0.495. The molecule has 0 spiro atoms. The predicted molar refractivity (Wildman–Crippen MR) is 115 cm³/mol. The Hall–Kier alpha value is -3.12. The summed E-state index contributed by atoms with van der Waals surface area (Å²) in [6.45, 7) is 0.606. The number of pyridine rings is 1. The van der Waals surface area contributed by atoms with Crippen LogP contribution in [0.15, 0.2) is 36.4 Å². The van der Waals surface area contributed by atoms with E-state index in [1.54, 1.807) is 12.1 Å². The lowest BCUT2D eigenvalue weighted by atomic mass is 9.85. The number of benzene rings is 2. The molecule has 6 heteroatoms. The maximum atomic E-state index is 9.68. The van der Waals surface area contributed by atoms with Crippen molar-refractivity contribution in [1.82, 2.24) is 15.2 Å². The second-order valence-electron chi connectivity index (χ2n) is 7.75. The van der Waals surface area contributed by atoms with Crippen LogP contribution in [0.4, 0.5) is 5.82 Å². The Morgan fingerprint density at radius 2 is 1.76 bits per heavy atom. The van der Waals surface area contributed by atoms with Crippen LogP contribution in [-0.4, -0.2) is 45.6 Å². The first-order valence-electron chi connectivity index (χ1n) is 10.1. The molecule has 2 heterocycles. The molecule has 0 unspecified atom stereocenters. The SMILES string of the molecule is CN(CCO)c1n[nH]c2ccc3nc(-c4ccc(O)cc4)c4c(c3c12)CCCC4. The summed E-state index contributed by atoms with van der Waals surface area (Å²) in [5.74, 6) is 1.12. The van der Waals surface area contributed by atoms with Gasteiger partial charge in [-0.2, -0.15) is 5.10 Å². The molecule has 0 aliphatic heterocycles. The third-order valence-corrected chi connectivity index (χ3v) is 5.91. The Morgan fingerprint density at radius 3 is 2.52 bits per heavy atom. The molecular formula is C23H24N4O2. The van der Waals surface area contributed by atoms with Gasteiger partial charge in [-0.25, -0.2) is 4.98 Å². The number of phenols is 1. The van der Waals surface area contributed by atoms with Gasteiger partial charge in [0.25, 0.3) is 0 Å². The van der Waals surface area contributed by atoms with Crippen molar-refractivity contribution in [2.45, 2.75) is 25.7 Å². The van der Waals surface area contributed by atoms with E-state index >= 15 is 0 Å². The number of hydrogen-bond donors (Lipinski definition) is 3. The Bertz CT molecular complexity index is 1200. The number of aromatic nitrogens is 3. The van der Waals surface area contributed by atoms with E-state index < -0.39 is 0 Å². The zero-order valence-electron chi connectivity index (χ0n) is 16.4. The number of phenolic OH excluding ortho intramolecular Hbond substituents is 1. The van der Waals surface area contributed by atoms with Gasteiger partial charge in [0.1, 0.15) is 5.75 Å². The van der Waals surface area contributed by atoms with Crippen LogP contribution < -0.4 is 4.90 Å². The van der Waals surface area contributed by atoms with Crippen LogP contribution in [0.2, 0.25) is 0 Å². The Morgan fingerprint density at radius 1 is 1.00 bits per heavy atom. The normalized spacial score (nSPS) is 13.7. The molecule has 5 rings (SSSR count). The molecule has 29 heavy (non-hydrogen) atoms. The summed E-state index contributed by atoms with van der Waals surface area (Å²) in [6.07, 6.45) is 4.35. The Balaban J connectivity index is 1.83. The topological polar surface area (TPSA) is 85.3 Å². The minimum Gasteiger partial charge on any atom is -0.508 e. The molecule has 0 atom stereocenters. The van der Waals surface area contributed by atoms with Gasteiger partial charge in [0.2, 0.25) is 0 Å². The minimum absolute atomic E-state index is 0.0803. The van der Waals surface area contributed by atoms with E-state index in [-0.39, 0.29) is 12.4 Å². The number of fused-ring (bicyclic) bond motifs is 5. The first kappa shape index (κ1) is 17.9. The second kappa shape index (κ2) is 7.04. The van der Waals surface area contributed by atoms with Crippen LogP contribution in [0.3, 0.4) is 0 Å². The first-order valence-corrected chi connectivity index (χ1v) is 10.1. The number of anilines is 1. The molecular weight excluding hydrogens is 364 g/mol. The molecule has 0 saturated heterocycles. The highest BCUT2D eigenvalue weighted by Crippen LogP contribution is 2.40. The van der Waals surface area contributed by atoms with E-state index in [1.807, 2.05) is 30.1 Å². The molecule has 1 aliphatic carbocycles. The monoisotopic (exact) mass is 388 g/mol. The van der Waals surface area contributed by atoms with Crippen molar-refractivity contribution in [2.75, 3.05) is 25.1 Å². The minimum atomic E-state index is 0.0803. The Kier molecular flexibility index (Phi) is 4.36. The molecule has 0 radical (unpaired) electrons. The summed E-state index contributed by atoms with van der Waals surface area (Å²) in [5, 5.41) is 29.0. The van der Waals surface area contributed by atoms with Crippen molar-refractivity contribution in [2.24, 2.45) is 0 Å². The fraction of sp³-hybridized carbons (Fsp3) is 0.304. The van der Waals surface area contributed by atoms with Crippen LogP contribution >= 0.6 is 0 Å². The molecule has 2 aromatic carbocycles. The van der Waals surface area contributed by atoms with Crippen molar-refractivity contribution in [1.29, 1.82) is 0 Å². The zero-order valence-corrected chi connectivity index (χ0v) is 16.4. The lowest BCUT2D eigenvalue weighted by Crippen LogP contribution is -2.21. The zero-order chi connectivity index (χ0) is 20.0. The van der Waals surface area contributed by atoms with Crippen LogP contribution in [0.5, 0.6) is 5.75 Å². The van der Waals surface area contributed by atoms with Gasteiger partial charge in [-0.3, -0.25) is 5.10 Å². The number of likely N-dealkylation sites (N-methyl/N-ethyl adjacent to an activating group) is 1. The fourth-order valence-corrected chi connectivity index (χ4v) is 4.51. The molecule has 2 aromatic heterocycles. The van der Waals surface area contributed by atoms with Crippen molar-refractivity contribution in [3.05, 3.63) is 47.5 Å². The number of H-pyrrole nitrogens is 1. The van der Waals surface area contributed by atoms with Gasteiger partial charge in [0, 0.05) is 24.5 Å². The second-order valence-corrected chi connectivity index (χ2v) is 7.75. The number of aliphatic hydroxyl groups excluding tert-OH is 1. The summed E-state index contributed by atoms with van der Waals surface area (Å²) < 4.78 is 0. The maximum absolute atomic E-state index is 9.68.